The van der Waals surface area contributed by atoms with Gasteiger partial charge in [-0.3, -0.25) is 0 Å². The fraction of sp³-hybridized carbons (Fsp3) is 0.805. The molecule has 2 atom stereocenters. The van der Waals surface area contributed by atoms with Gasteiger partial charge in [0.15, 0.2) is 0 Å². The van der Waals surface area contributed by atoms with Crippen molar-refractivity contribution in [3.05, 3.63) is 48.6 Å². The molecule has 3 nitrogen and oxygen atoms in total. The molecule has 0 aromatic carbocycles. The SMILES string of the molecule is CCCCC/C=C\C/C=C\CCCCCCCCO[C@H]1CN(C)C[C@@H]1OCCCCCCCC/C=C\C/C=C\CCCCC. The van der Waals surface area contributed by atoms with E-state index in [1.165, 1.54) is 141 Å². The minimum absolute atomic E-state index is 0.252. The van der Waals surface area contributed by atoms with Crippen molar-refractivity contribution < 1.29 is 9.47 Å². The zero-order valence-electron chi connectivity index (χ0n) is 29.8. The molecule has 1 saturated heterocycles. The zero-order valence-corrected chi connectivity index (χ0v) is 29.8. The second kappa shape index (κ2) is 33.2. The molecule has 0 amide bonds. The van der Waals surface area contributed by atoms with Crippen LogP contribution in [0.4, 0.5) is 0 Å². The number of ether oxygens (including phenoxy) is 2. The molecular weight excluding hydrogens is 538 g/mol. The van der Waals surface area contributed by atoms with Crippen LogP contribution in [0.2, 0.25) is 0 Å². The molecule has 0 N–H and O–H groups in total. The molecule has 0 unspecified atom stereocenters. The lowest BCUT2D eigenvalue weighted by atomic mass is 10.1. The van der Waals surface area contributed by atoms with Gasteiger partial charge in [0.2, 0.25) is 0 Å². The van der Waals surface area contributed by atoms with Crippen LogP contribution in [0, 0.1) is 0 Å². The summed E-state index contributed by atoms with van der Waals surface area (Å²) in [6, 6.07) is 0. The molecule has 3 heteroatoms. The van der Waals surface area contributed by atoms with Gasteiger partial charge in [-0.2, -0.15) is 0 Å². The average molecular weight is 614 g/mol. The van der Waals surface area contributed by atoms with Crippen molar-refractivity contribution in [3.8, 4) is 0 Å². The Morgan fingerprint density at radius 1 is 0.432 bits per heavy atom. The van der Waals surface area contributed by atoms with Crippen LogP contribution in [0.15, 0.2) is 48.6 Å². The molecule has 1 rings (SSSR count). The lowest BCUT2D eigenvalue weighted by Crippen LogP contribution is -2.30. The predicted molar refractivity (Wildman–Crippen MR) is 196 cm³/mol. The molecule has 0 aromatic rings. The summed E-state index contributed by atoms with van der Waals surface area (Å²) in [6.07, 6.45) is 50.2. The van der Waals surface area contributed by atoms with Crippen LogP contribution >= 0.6 is 0 Å². The maximum Gasteiger partial charge on any atom is 0.0975 e. The van der Waals surface area contributed by atoms with E-state index < -0.39 is 0 Å². The molecule has 256 valence electrons. The number of hydrogen-bond donors (Lipinski definition) is 0. The zero-order chi connectivity index (χ0) is 31.6. The highest BCUT2D eigenvalue weighted by atomic mass is 16.5. The first-order chi connectivity index (χ1) is 21.8. The Morgan fingerprint density at radius 2 is 0.750 bits per heavy atom. The summed E-state index contributed by atoms with van der Waals surface area (Å²) < 4.78 is 12.6. The van der Waals surface area contributed by atoms with E-state index in [2.05, 4.69) is 74.4 Å². The third kappa shape index (κ3) is 27.2. The lowest BCUT2D eigenvalue weighted by Gasteiger charge is -2.20. The minimum Gasteiger partial charge on any atom is -0.374 e. The van der Waals surface area contributed by atoms with Crippen molar-refractivity contribution in [1.82, 2.24) is 4.90 Å². The second-order valence-corrected chi connectivity index (χ2v) is 13.2. The largest absolute Gasteiger partial charge is 0.374 e. The predicted octanol–water partition coefficient (Wildman–Crippen LogP) is 12.3. The van der Waals surface area contributed by atoms with Gasteiger partial charge in [-0.25, -0.2) is 0 Å². The van der Waals surface area contributed by atoms with E-state index in [1.54, 1.807) is 0 Å². The van der Waals surface area contributed by atoms with Crippen molar-refractivity contribution >= 4 is 0 Å². The van der Waals surface area contributed by atoms with Crippen LogP contribution in [0.5, 0.6) is 0 Å². The van der Waals surface area contributed by atoms with Crippen molar-refractivity contribution in [2.45, 2.75) is 180 Å². The molecule has 0 saturated carbocycles. The molecule has 1 aliphatic heterocycles. The molecule has 1 fully saturated rings. The maximum absolute atomic E-state index is 6.30. The van der Waals surface area contributed by atoms with Crippen LogP contribution in [0.25, 0.3) is 0 Å². The van der Waals surface area contributed by atoms with E-state index in [-0.39, 0.29) is 12.2 Å². The number of allylic oxidation sites excluding steroid dienone is 8. The monoisotopic (exact) mass is 614 g/mol. The Balaban J connectivity index is 1.90. The first-order valence-corrected chi connectivity index (χ1v) is 19.3. The Kier molecular flexibility index (Phi) is 30.8. The van der Waals surface area contributed by atoms with Gasteiger partial charge in [0.05, 0.1) is 12.2 Å². The Bertz CT molecular complexity index is 639. The number of rotatable bonds is 32. The number of hydrogen-bond acceptors (Lipinski definition) is 3. The smallest absolute Gasteiger partial charge is 0.0975 e. The van der Waals surface area contributed by atoms with Crippen molar-refractivity contribution in [2.75, 3.05) is 33.4 Å². The highest BCUT2D eigenvalue weighted by Crippen LogP contribution is 2.18. The Hall–Kier alpha value is -1.16. The molecule has 0 spiro atoms. The normalized spacial score (nSPS) is 18.0. The van der Waals surface area contributed by atoms with Crippen LogP contribution in [0.3, 0.4) is 0 Å². The third-order valence-electron chi connectivity index (χ3n) is 8.75. The summed E-state index contributed by atoms with van der Waals surface area (Å²) in [5.74, 6) is 0. The van der Waals surface area contributed by atoms with Gasteiger partial charge in [-0.15, -0.1) is 0 Å². The van der Waals surface area contributed by atoms with E-state index in [9.17, 15) is 0 Å². The fourth-order valence-electron chi connectivity index (χ4n) is 5.89. The van der Waals surface area contributed by atoms with Crippen molar-refractivity contribution in [3.63, 3.8) is 0 Å². The summed E-state index contributed by atoms with van der Waals surface area (Å²) >= 11 is 0. The quantitative estimate of drug-likeness (QED) is 0.0556. The number of nitrogens with zero attached hydrogens (tertiary/aromatic N) is 1. The highest BCUT2D eigenvalue weighted by Gasteiger charge is 2.32. The molecular formula is C41H75NO2. The summed E-state index contributed by atoms with van der Waals surface area (Å²) in [5, 5.41) is 0. The van der Waals surface area contributed by atoms with Gasteiger partial charge in [0.1, 0.15) is 0 Å². The molecule has 0 aromatic heterocycles. The highest BCUT2D eigenvalue weighted by molar-refractivity contribution is 4.93. The van der Waals surface area contributed by atoms with Gasteiger partial charge in [-0.1, -0.05) is 140 Å². The first-order valence-electron chi connectivity index (χ1n) is 19.3. The Labute approximate surface area is 276 Å². The molecule has 1 heterocycles. The molecule has 0 bridgehead atoms. The van der Waals surface area contributed by atoms with Gasteiger partial charge in [-0.05, 0) is 84.1 Å². The van der Waals surface area contributed by atoms with Crippen LogP contribution in [-0.4, -0.2) is 50.5 Å². The van der Waals surface area contributed by atoms with Gasteiger partial charge in [0.25, 0.3) is 0 Å². The van der Waals surface area contributed by atoms with E-state index in [0.717, 1.165) is 39.1 Å². The molecule has 0 radical (unpaired) electrons. The van der Waals surface area contributed by atoms with Gasteiger partial charge >= 0.3 is 0 Å². The number of unbranched alkanes of at least 4 members (excludes halogenated alkanes) is 18. The van der Waals surface area contributed by atoms with Crippen molar-refractivity contribution in [1.29, 1.82) is 0 Å². The fourth-order valence-corrected chi connectivity index (χ4v) is 5.89. The number of likely N-dealkylation sites (N-methyl/N-ethyl adjacent to an activating group) is 1. The topological polar surface area (TPSA) is 21.7 Å². The summed E-state index contributed by atoms with van der Waals surface area (Å²) in [4.78, 5) is 2.37. The summed E-state index contributed by atoms with van der Waals surface area (Å²) in [6.45, 7) is 8.33. The van der Waals surface area contributed by atoms with E-state index in [0.29, 0.717) is 0 Å². The van der Waals surface area contributed by atoms with Gasteiger partial charge < -0.3 is 14.4 Å². The lowest BCUT2D eigenvalue weighted by molar-refractivity contribution is -0.0481. The van der Waals surface area contributed by atoms with E-state index in [4.69, 9.17) is 9.47 Å². The standard InChI is InChI=1S/C41H75NO2/c1-4-6-8-10-12-14-16-18-20-22-24-26-28-30-32-34-36-43-40-38-42(3)39-41(40)44-37-35-33-31-29-27-25-23-21-19-17-15-13-11-9-7-5-2/h12-15,18-21,40-41H,4-11,16-17,22-39H2,1-3H3/b14-12-,15-13-,20-18-,21-19-/t40-,41-/m0/s1. The molecule has 0 aliphatic carbocycles. The minimum atomic E-state index is 0.252. The second-order valence-electron chi connectivity index (χ2n) is 13.2. The van der Waals surface area contributed by atoms with E-state index in [1.807, 2.05) is 0 Å². The van der Waals surface area contributed by atoms with Crippen LogP contribution in [-0.2, 0) is 9.47 Å². The number of likely N-dealkylation sites (tertiary alicyclic amines) is 1. The average Bonchev–Trinajstić information content (AvgIpc) is 3.38. The van der Waals surface area contributed by atoms with Crippen molar-refractivity contribution in [2.24, 2.45) is 0 Å². The maximum atomic E-state index is 6.30. The molecule has 44 heavy (non-hydrogen) atoms. The third-order valence-corrected chi connectivity index (χ3v) is 8.75. The van der Waals surface area contributed by atoms with Crippen LogP contribution in [0.1, 0.15) is 168 Å². The van der Waals surface area contributed by atoms with Crippen LogP contribution < -0.4 is 0 Å². The van der Waals surface area contributed by atoms with Gasteiger partial charge in [0, 0.05) is 26.3 Å². The summed E-state index contributed by atoms with van der Waals surface area (Å²) in [7, 11) is 2.20. The molecule has 1 aliphatic rings. The Morgan fingerprint density at radius 3 is 1.11 bits per heavy atom. The summed E-state index contributed by atoms with van der Waals surface area (Å²) in [5.41, 5.74) is 0. The van der Waals surface area contributed by atoms with E-state index >= 15 is 0 Å². The first kappa shape index (κ1) is 40.9.